The minimum absolute atomic E-state index is 0.0621. The Kier molecular flexibility index (Phi) is 54.4. The molecule has 0 heterocycles. The van der Waals surface area contributed by atoms with E-state index in [2.05, 4.69) is 34.6 Å². The first kappa shape index (κ1) is 67.4. The highest BCUT2D eigenvalue weighted by molar-refractivity contribution is 5.71. The van der Waals surface area contributed by atoms with Gasteiger partial charge in [0.2, 0.25) is 0 Å². The van der Waals surface area contributed by atoms with Gasteiger partial charge >= 0.3 is 17.9 Å². The van der Waals surface area contributed by atoms with Crippen LogP contribution in [0, 0.1) is 11.8 Å². The zero-order valence-electron chi connectivity index (χ0n) is 47.5. The molecule has 0 spiro atoms. The maximum Gasteiger partial charge on any atom is 0.306 e. The van der Waals surface area contributed by atoms with E-state index < -0.39 is 6.10 Å². The molecule has 410 valence electrons. The van der Waals surface area contributed by atoms with Crippen LogP contribution < -0.4 is 0 Å². The van der Waals surface area contributed by atoms with Crippen molar-refractivity contribution in [1.82, 2.24) is 0 Å². The van der Waals surface area contributed by atoms with Gasteiger partial charge in [0.15, 0.2) is 6.10 Å². The van der Waals surface area contributed by atoms with Crippen LogP contribution in [0.25, 0.3) is 0 Å². The van der Waals surface area contributed by atoms with E-state index in [0.29, 0.717) is 19.3 Å². The molecule has 6 nitrogen and oxygen atoms in total. The number of carbonyl (C=O) groups excluding carboxylic acids is 3. The first-order valence-electron chi connectivity index (χ1n) is 31.2. The minimum atomic E-state index is -0.763. The molecule has 0 N–H and O–H groups in total. The molecule has 0 aromatic heterocycles. The number of hydrogen-bond acceptors (Lipinski definition) is 6. The molecule has 0 rings (SSSR count). The third-order valence-corrected chi connectivity index (χ3v) is 14.5. The third kappa shape index (κ3) is 57.2. The van der Waals surface area contributed by atoms with Crippen molar-refractivity contribution < 1.29 is 28.6 Å². The van der Waals surface area contributed by atoms with Crippen molar-refractivity contribution in [2.24, 2.45) is 11.8 Å². The second-order valence-electron chi connectivity index (χ2n) is 22.6. The maximum absolute atomic E-state index is 12.9. The topological polar surface area (TPSA) is 78.9 Å². The first-order valence-corrected chi connectivity index (χ1v) is 31.2. The number of carbonyl (C=O) groups is 3. The SMILES string of the molecule is CCCCCCCCCCCCCCCCCC(=O)OC[C@H](COC(=O)CCCCCCCCCCCCCCCCCCCCC(C)C)OC(=O)CCCCCCCCCCCCCCC(C)C. The molecule has 0 aliphatic carbocycles. The second-order valence-corrected chi connectivity index (χ2v) is 22.6. The van der Waals surface area contributed by atoms with Gasteiger partial charge in [-0.05, 0) is 31.1 Å². The van der Waals surface area contributed by atoms with Crippen LogP contribution in [0.15, 0.2) is 0 Å². The average molecular weight is 976 g/mol. The van der Waals surface area contributed by atoms with Crippen LogP contribution in [-0.2, 0) is 28.6 Å². The van der Waals surface area contributed by atoms with Crippen LogP contribution in [0.3, 0.4) is 0 Å². The molecule has 1 atom stereocenters. The summed E-state index contributed by atoms with van der Waals surface area (Å²) >= 11 is 0. The van der Waals surface area contributed by atoms with Gasteiger partial charge in [-0.3, -0.25) is 14.4 Å². The lowest BCUT2D eigenvalue weighted by molar-refractivity contribution is -0.167. The van der Waals surface area contributed by atoms with Crippen molar-refractivity contribution in [3.8, 4) is 0 Å². The molecule has 0 bridgehead atoms. The van der Waals surface area contributed by atoms with Crippen molar-refractivity contribution in [2.45, 2.75) is 362 Å². The van der Waals surface area contributed by atoms with Crippen molar-refractivity contribution in [2.75, 3.05) is 13.2 Å². The average Bonchev–Trinajstić information content (AvgIpc) is 3.32. The Labute approximate surface area is 431 Å². The van der Waals surface area contributed by atoms with Crippen molar-refractivity contribution in [3.05, 3.63) is 0 Å². The monoisotopic (exact) mass is 975 g/mol. The molecule has 0 unspecified atom stereocenters. The predicted molar refractivity (Wildman–Crippen MR) is 298 cm³/mol. The Morgan fingerprint density at radius 3 is 0.710 bits per heavy atom. The summed E-state index contributed by atoms with van der Waals surface area (Å²) in [5.74, 6) is 0.858. The fourth-order valence-corrected chi connectivity index (χ4v) is 9.76. The molecule has 0 aliphatic rings. The standard InChI is InChI=1S/C63H122O6/c1-6-7-8-9-10-11-12-13-18-22-28-33-38-43-48-53-61(64)67-56-60(69-63(66)55-50-45-40-35-30-25-24-27-32-37-42-47-52-59(4)5)57-68-62(65)54-49-44-39-34-29-23-20-17-15-14-16-19-21-26-31-36-41-46-51-58(2)3/h58-60H,6-57H2,1-5H3/t60-/m1/s1. The van der Waals surface area contributed by atoms with Crippen molar-refractivity contribution >= 4 is 17.9 Å². The molecular formula is C63H122O6. The summed E-state index contributed by atoms with van der Waals surface area (Å²) in [7, 11) is 0. The fourth-order valence-electron chi connectivity index (χ4n) is 9.76. The normalized spacial score (nSPS) is 12.0. The second kappa shape index (κ2) is 55.7. The Hall–Kier alpha value is -1.59. The zero-order valence-corrected chi connectivity index (χ0v) is 47.5. The quantitative estimate of drug-likeness (QED) is 0.0343. The van der Waals surface area contributed by atoms with E-state index in [1.165, 1.54) is 244 Å². The molecule has 0 saturated heterocycles. The molecule has 6 heteroatoms. The van der Waals surface area contributed by atoms with Crippen LogP contribution in [0.1, 0.15) is 356 Å². The smallest absolute Gasteiger partial charge is 0.306 e. The summed E-state index contributed by atoms with van der Waals surface area (Å²) < 4.78 is 16.9. The molecule has 0 aliphatic heterocycles. The fraction of sp³-hybridized carbons (Fsp3) is 0.952. The number of unbranched alkanes of at least 4 members (excludes halogenated alkanes) is 42. The summed E-state index contributed by atoms with van der Waals surface area (Å²) in [5.41, 5.74) is 0. The number of rotatable bonds is 57. The highest BCUT2D eigenvalue weighted by Gasteiger charge is 2.19. The molecule has 0 aromatic rings. The summed E-state index contributed by atoms with van der Waals surface area (Å²) in [5, 5.41) is 0. The van der Waals surface area contributed by atoms with E-state index >= 15 is 0 Å². The number of esters is 3. The van der Waals surface area contributed by atoms with Gasteiger partial charge in [-0.25, -0.2) is 0 Å². The van der Waals surface area contributed by atoms with E-state index in [9.17, 15) is 14.4 Å². The van der Waals surface area contributed by atoms with Gasteiger partial charge in [0, 0.05) is 19.3 Å². The summed E-state index contributed by atoms with van der Waals surface area (Å²) in [6.07, 6.45) is 61.0. The number of ether oxygens (including phenoxy) is 3. The van der Waals surface area contributed by atoms with Crippen LogP contribution in [0.5, 0.6) is 0 Å². The lowest BCUT2D eigenvalue weighted by Crippen LogP contribution is -2.30. The van der Waals surface area contributed by atoms with E-state index in [1.54, 1.807) is 0 Å². The molecule has 0 aromatic carbocycles. The van der Waals surface area contributed by atoms with Crippen LogP contribution in [0.2, 0.25) is 0 Å². The van der Waals surface area contributed by atoms with Crippen LogP contribution in [0.4, 0.5) is 0 Å². The molecule has 0 radical (unpaired) electrons. The van der Waals surface area contributed by atoms with Gasteiger partial charge in [0.25, 0.3) is 0 Å². The summed E-state index contributed by atoms with van der Waals surface area (Å²) in [6, 6.07) is 0. The Morgan fingerprint density at radius 2 is 0.478 bits per heavy atom. The molecular weight excluding hydrogens is 853 g/mol. The van der Waals surface area contributed by atoms with E-state index in [1.807, 2.05) is 0 Å². The van der Waals surface area contributed by atoms with Gasteiger partial charge < -0.3 is 14.2 Å². The van der Waals surface area contributed by atoms with E-state index in [4.69, 9.17) is 14.2 Å². The van der Waals surface area contributed by atoms with Crippen LogP contribution >= 0.6 is 0 Å². The van der Waals surface area contributed by atoms with Gasteiger partial charge in [-0.15, -0.1) is 0 Å². The van der Waals surface area contributed by atoms with Gasteiger partial charge in [0.1, 0.15) is 13.2 Å². The van der Waals surface area contributed by atoms with Crippen molar-refractivity contribution in [1.29, 1.82) is 0 Å². The molecule has 0 amide bonds. The molecule has 0 saturated carbocycles. The Morgan fingerprint density at radius 1 is 0.275 bits per heavy atom. The van der Waals surface area contributed by atoms with Gasteiger partial charge in [-0.2, -0.15) is 0 Å². The minimum Gasteiger partial charge on any atom is -0.462 e. The predicted octanol–water partition coefficient (Wildman–Crippen LogP) is 20.8. The van der Waals surface area contributed by atoms with Crippen molar-refractivity contribution in [3.63, 3.8) is 0 Å². The lowest BCUT2D eigenvalue weighted by Gasteiger charge is -2.18. The largest absolute Gasteiger partial charge is 0.462 e. The first-order chi connectivity index (χ1) is 33.7. The Bertz CT molecular complexity index is 1060. The maximum atomic E-state index is 12.9. The zero-order chi connectivity index (χ0) is 50.4. The summed E-state index contributed by atoms with van der Waals surface area (Å²) in [6.45, 7) is 11.4. The molecule has 69 heavy (non-hydrogen) atoms. The van der Waals surface area contributed by atoms with E-state index in [0.717, 1.165) is 69.6 Å². The summed E-state index contributed by atoms with van der Waals surface area (Å²) in [4.78, 5) is 38.2. The Balaban J connectivity index is 4.26. The van der Waals surface area contributed by atoms with Gasteiger partial charge in [0.05, 0.1) is 0 Å². The van der Waals surface area contributed by atoms with Gasteiger partial charge in [-0.1, -0.05) is 317 Å². The molecule has 0 fully saturated rings. The number of hydrogen-bond donors (Lipinski definition) is 0. The highest BCUT2D eigenvalue weighted by Crippen LogP contribution is 2.19. The van der Waals surface area contributed by atoms with Crippen LogP contribution in [-0.4, -0.2) is 37.2 Å². The third-order valence-electron chi connectivity index (χ3n) is 14.5. The highest BCUT2D eigenvalue weighted by atomic mass is 16.6. The lowest BCUT2D eigenvalue weighted by atomic mass is 10.0. The van der Waals surface area contributed by atoms with E-state index in [-0.39, 0.29) is 31.1 Å².